The summed E-state index contributed by atoms with van der Waals surface area (Å²) in [5, 5.41) is 9.19. The lowest BCUT2D eigenvalue weighted by molar-refractivity contribution is -0.167. The summed E-state index contributed by atoms with van der Waals surface area (Å²) in [5.41, 5.74) is -0.680. The van der Waals surface area contributed by atoms with E-state index in [2.05, 4.69) is 13.8 Å². The summed E-state index contributed by atoms with van der Waals surface area (Å²) in [7, 11) is -9.23. The van der Waals surface area contributed by atoms with Gasteiger partial charge in [-0.05, 0) is 98.7 Å². The zero-order chi connectivity index (χ0) is 26.7. The van der Waals surface area contributed by atoms with Crippen LogP contribution >= 0.6 is 0 Å². The zero-order valence-electron chi connectivity index (χ0n) is 23.2. The molecule has 0 aliphatic heterocycles. The van der Waals surface area contributed by atoms with Gasteiger partial charge in [-0.3, -0.25) is 13.9 Å². The van der Waals surface area contributed by atoms with Gasteiger partial charge in [0.05, 0.1) is 12.2 Å². The van der Waals surface area contributed by atoms with Crippen molar-refractivity contribution in [2.24, 2.45) is 46.3 Å². The van der Waals surface area contributed by atoms with Gasteiger partial charge in [0.25, 0.3) is 0 Å². The number of carboxylic acids is 1. The molecule has 38 heavy (non-hydrogen) atoms. The first kappa shape index (κ1) is 33.3. The van der Waals surface area contributed by atoms with Gasteiger partial charge in [0.1, 0.15) is 0 Å². The molecule has 4 aliphatic rings. The van der Waals surface area contributed by atoms with Gasteiger partial charge in [-0.1, -0.05) is 20.8 Å². The summed E-state index contributed by atoms with van der Waals surface area (Å²) in [5.74, 6) is 0.135. The van der Waals surface area contributed by atoms with Crippen molar-refractivity contribution in [1.82, 2.24) is 12.3 Å². The van der Waals surface area contributed by atoms with E-state index in [0.29, 0.717) is 38.0 Å². The molecule has 11 N–H and O–H groups in total. The fraction of sp³-hybridized carbons (Fsp3) is 0.958. The number of carboxylic acid groups (broad SMARTS) is 1. The van der Waals surface area contributed by atoms with Crippen LogP contribution in [0.1, 0.15) is 85.0 Å². The van der Waals surface area contributed by atoms with Crippen molar-refractivity contribution < 1.29 is 44.2 Å². The van der Waals surface area contributed by atoms with Crippen LogP contribution in [0.2, 0.25) is 0 Å². The quantitative estimate of drug-likeness (QED) is 0.241. The molecule has 0 radical (unpaired) electrons. The fourth-order valence-corrected chi connectivity index (χ4v) is 10.3. The monoisotopic (exact) mass is 588 g/mol. The lowest BCUT2D eigenvalue weighted by atomic mass is 9.43. The van der Waals surface area contributed by atoms with Crippen molar-refractivity contribution in [2.75, 3.05) is 0 Å². The standard InChI is InChI=1S/C24H40O10S2.2H3N/c1-14(4-9-22(25)26)18-7-8-19-17-6-5-15-12-16(33-35(27,28)29)10-11-23(15,2)20(17)13-21(24(18,19)3)34-36(30,31)32;;/h14-21H,4-13H2,1-3H3,(H,25,26)(H,27,28,29)(H,30,31,32);2*1H3/p+2/t14-,15?,16-,17+,18-,19+,20+,21+,23+,24-;;/m1../s1. The fourth-order valence-electron chi connectivity index (χ4n) is 9.22. The van der Waals surface area contributed by atoms with Gasteiger partial charge in [-0.2, -0.15) is 16.8 Å². The predicted octanol–water partition coefficient (Wildman–Crippen LogP) is 4.88. The number of aliphatic carboxylic acids is 1. The summed E-state index contributed by atoms with van der Waals surface area (Å²) in [6.45, 7) is 6.31. The Morgan fingerprint density at radius 1 is 0.921 bits per heavy atom. The maximum Gasteiger partial charge on any atom is 0.397 e. The van der Waals surface area contributed by atoms with Crippen LogP contribution in [0.5, 0.6) is 0 Å². The maximum atomic E-state index is 12.0. The molecule has 224 valence electrons. The summed E-state index contributed by atoms with van der Waals surface area (Å²) >= 11 is 0. The molecule has 0 amide bonds. The van der Waals surface area contributed by atoms with Gasteiger partial charge in [0, 0.05) is 11.8 Å². The molecule has 1 unspecified atom stereocenters. The molecule has 0 aromatic heterocycles. The minimum atomic E-state index is -4.70. The highest BCUT2D eigenvalue weighted by atomic mass is 32.3. The molecule has 0 aromatic carbocycles. The SMILES string of the molecule is C[C@H](CCC(=O)O)[C@H]1CC[C@H]2[C@@H]3CCC4C[C@H](OS(=O)(=O)O)CC[C@]4(C)[C@H]3C[C@H](OS(=O)(=O)O)[C@]12C.[NH4+].[NH4+]. The number of hydrogen-bond acceptors (Lipinski definition) is 7. The minimum absolute atomic E-state index is 0. The van der Waals surface area contributed by atoms with Crippen molar-refractivity contribution in [2.45, 2.75) is 97.2 Å². The Labute approximate surface area is 226 Å². The predicted molar refractivity (Wildman–Crippen MR) is 141 cm³/mol. The number of carbonyl (C=O) groups is 1. The summed E-state index contributed by atoms with van der Waals surface area (Å²) in [6.07, 6.45) is 5.02. The van der Waals surface area contributed by atoms with Gasteiger partial charge < -0.3 is 17.4 Å². The Balaban J connectivity index is 0.00000253. The molecule has 10 atom stereocenters. The highest BCUT2D eigenvalue weighted by Gasteiger charge is 2.65. The van der Waals surface area contributed by atoms with Crippen LogP contribution in [-0.4, -0.2) is 49.2 Å². The van der Waals surface area contributed by atoms with E-state index in [1.807, 2.05) is 6.92 Å². The molecule has 12 nitrogen and oxygen atoms in total. The van der Waals surface area contributed by atoms with E-state index in [9.17, 15) is 31.3 Å². The summed E-state index contributed by atoms with van der Waals surface area (Å²) in [6, 6.07) is 0. The smallest absolute Gasteiger partial charge is 0.397 e. The summed E-state index contributed by atoms with van der Waals surface area (Å²) in [4.78, 5) is 11.2. The number of fused-ring (bicyclic) bond motifs is 5. The van der Waals surface area contributed by atoms with Crippen LogP contribution in [0.25, 0.3) is 0 Å². The highest BCUT2D eigenvalue weighted by molar-refractivity contribution is 7.81. The number of rotatable bonds is 8. The third-order valence-corrected chi connectivity index (χ3v) is 11.7. The van der Waals surface area contributed by atoms with Crippen LogP contribution in [0, 0.1) is 46.3 Å². The van der Waals surface area contributed by atoms with Gasteiger partial charge in [0.2, 0.25) is 0 Å². The normalized spacial score (nSPS) is 41.4. The lowest BCUT2D eigenvalue weighted by Gasteiger charge is -2.62. The molecule has 0 bridgehead atoms. The number of hydrogen-bond donors (Lipinski definition) is 5. The lowest BCUT2D eigenvalue weighted by Crippen LogP contribution is -2.59. The summed E-state index contributed by atoms with van der Waals surface area (Å²) < 4.78 is 75.7. The Morgan fingerprint density at radius 3 is 2.13 bits per heavy atom. The van der Waals surface area contributed by atoms with E-state index in [4.69, 9.17) is 12.9 Å². The zero-order valence-corrected chi connectivity index (χ0v) is 24.8. The third kappa shape index (κ3) is 6.37. The Hall–Kier alpha value is -0.870. The van der Waals surface area contributed by atoms with Gasteiger partial charge in [-0.25, -0.2) is 8.37 Å². The molecule has 0 aromatic rings. The first-order chi connectivity index (χ1) is 16.5. The molecule has 4 fully saturated rings. The van der Waals surface area contributed by atoms with Crippen LogP contribution in [0.4, 0.5) is 0 Å². The highest BCUT2D eigenvalue weighted by Crippen LogP contribution is 2.69. The van der Waals surface area contributed by atoms with Crippen LogP contribution in [0.15, 0.2) is 0 Å². The number of quaternary nitrogens is 2. The van der Waals surface area contributed by atoms with E-state index in [1.54, 1.807) is 0 Å². The second-order valence-corrected chi connectivity index (χ2v) is 14.4. The Kier molecular flexibility index (Phi) is 10.1. The van der Waals surface area contributed by atoms with Crippen LogP contribution < -0.4 is 12.3 Å². The Bertz CT molecular complexity index is 1070. The van der Waals surface area contributed by atoms with Crippen molar-refractivity contribution >= 4 is 26.8 Å². The maximum absolute atomic E-state index is 12.0. The molecule has 4 saturated carbocycles. The second kappa shape index (κ2) is 11.6. The molecule has 4 rings (SSSR count). The van der Waals surface area contributed by atoms with Crippen molar-refractivity contribution in [3.63, 3.8) is 0 Å². The van der Waals surface area contributed by atoms with Gasteiger partial charge in [-0.15, -0.1) is 0 Å². The topological polar surface area (TPSA) is 238 Å². The van der Waals surface area contributed by atoms with Gasteiger partial charge >= 0.3 is 26.8 Å². The molecular formula is C24H48N2O10S2+2. The molecular weight excluding hydrogens is 540 g/mol. The largest absolute Gasteiger partial charge is 0.481 e. The van der Waals surface area contributed by atoms with E-state index < -0.39 is 44.4 Å². The Morgan fingerprint density at radius 2 is 1.55 bits per heavy atom. The van der Waals surface area contributed by atoms with Crippen LogP contribution in [-0.2, 0) is 34.0 Å². The third-order valence-electron chi connectivity index (χ3n) is 10.8. The van der Waals surface area contributed by atoms with Crippen molar-refractivity contribution in [1.29, 1.82) is 0 Å². The molecule has 14 heteroatoms. The van der Waals surface area contributed by atoms with E-state index in [0.717, 1.165) is 25.7 Å². The van der Waals surface area contributed by atoms with Gasteiger partial charge in [0.15, 0.2) is 0 Å². The van der Waals surface area contributed by atoms with Crippen molar-refractivity contribution in [3.8, 4) is 0 Å². The molecule has 4 aliphatic carbocycles. The average Bonchev–Trinajstić information content (AvgIpc) is 3.09. The average molecular weight is 589 g/mol. The molecule has 0 saturated heterocycles. The van der Waals surface area contributed by atoms with Crippen molar-refractivity contribution in [3.05, 3.63) is 0 Å². The van der Waals surface area contributed by atoms with E-state index >= 15 is 0 Å². The second-order valence-electron chi connectivity index (χ2n) is 12.3. The molecule has 0 heterocycles. The van der Waals surface area contributed by atoms with E-state index in [-0.39, 0.29) is 53.7 Å². The van der Waals surface area contributed by atoms with Crippen LogP contribution in [0.3, 0.4) is 0 Å². The molecule has 0 spiro atoms. The minimum Gasteiger partial charge on any atom is -0.481 e. The van der Waals surface area contributed by atoms with E-state index in [1.165, 1.54) is 0 Å². The first-order valence-electron chi connectivity index (χ1n) is 13.1. The first-order valence-corrected chi connectivity index (χ1v) is 15.8.